The Morgan fingerprint density at radius 1 is 1.13 bits per heavy atom. The minimum absolute atomic E-state index is 0.323. The smallest absolute Gasteiger partial charge is 0.314 e. The topological polar surface area (TPSA) is 42.2 Å². The maximum atomic E-state index is 5.93. The third kappa shape index (κ3) is 2.59. The van der Waals surface area contributed by atoms with Gasteiger partial charge in [0.05, 0.1) is 0 Å². The fourth-order valence-electron chi connectivity index (χ4n) is 3.01. The van der Waals surface area contributed by atoms with Crippen LogP contribution in [-0.2, 0) is 6.42 Å². The first kappa shape index (κ1) is 14.3. The number of nitrogens with zero attached hydrogens (tertiary/aromatic N) is 3. The molecule has 23 heavy (non-hydrogen) atoms. The molecule has 0 amide bonds. The van der Waals surface area contributed by atoms with Crippen molar-refractivity contribution in [3.05, 3.63) is 59.1 Å². The summed E-state index contributed by atoms with van der Waals surface area (Å²) in [5.41, 5.74) is 3.36. The van der Waals surface area contributed by atoms with Gasteiger partial charge in [0.25, 0.3) is 0 Å². The summed E-state index contributed by atoms with van der Waals surface area (Å²) in [6.45, 7) is 2.18. The molecule has 0 fully saturated rings. The van der Waals surface area contributed by atoms with Crippen molar-refractivity contribution in [3.63, 3.8) is 0 Å². The maximum Gasteiger partial charge on any atom is 0.329 e. The van der Waals surface area contributed by atoms with Gasteiger partial charge in [-0.25, -0.2) is 0 Å². The highest BCUT2D eigenvalue weighted by Crippen LogP contribution is 2.36. The van der Waals surface area contributed by atoms with Crippen molar-refractivity contribution in [1.82, 2.24) is 10.1 Å². The normalized spacial score (nSPS) is 17.1. The molecule has 1 aromatic heterocycles. The highest BCUT2D eigenvalue weighted by Gasteiger charge is 2.28. The van der Waals surface area contributed by atoms with E-state index in [2.05, 4.69) is 40.2 Å². The van der Waals surface area contributed by atoms with Gasteiger partial charge in [0.2, 0.25) is 5.82 Å². The maximum absolute atomic E-state index is 5.93. The third-order valence-electron chi connectivity index (χ3n) is 4.25. The van der Waals surface area contributed by atoms with Crippen LogP contribution >= 0.6 is 11.6 Å². The summed E-state index contributed by atoms with van der Waals surface area (Å²) in [5, 5.41) is 4.82. The third-order valence-corrected chi connectivity index (χ3v) is 4.50. The summed E-state index contributed by atoms with van der Waals surface area (Å²) in [5.74, 6) is 0.576. The van der Waals surface area contributed by atoms with E-state index in [1.165, 1.54) is 5.56 Å². The number of rotatable bonds is 2. The van der Waals surface area contributed by atoms with Crippen LogP contribution in [0.5, 0.6) is 0 Å². The number of aryl methyl sites for hydroxylation is 1. The van der Waals surface area contributed by atoms with Gasteiger partial charge in [-0.3, -0.25) is 4.90 Å². The second-order valence-electron chi connectivity index (χ2n) is 5.79. The Kier molecular flexibility index (Phi) is 3.54. The van der Waals surface area contributed by atoms with Gasteiger partial charge in [-0.15, -0.1) is 0 Å². The number of hydrogen-bond acceptors (Lipinski definition) is 4. The summed E-state index contributed by atoms with van der Waals surface area (Å²) < 4.78 is 5.55. The zero-order chi connectivity index (χ0) is 15.8. The van der Waals surface area contributed by atoms with Crippen molar-refractivity contribution in [2.75, 3.05) is 4.90 Å². The van der Waals surface area contributed by atoms with E-state index in [9.17, 15) is 0 Å². The Bertz CT molecular complexity index is 828. The van der Waals surface area contributed by atoms with Crippen molar-refractivity contribution in [2.24, 2.45) is 0 Å². The molecule has 0 spiro atoms. The van der Waals surface area contributed by atoms with Crippen LogP contribution < -0.4 is 4.90 Å². The second kappa shape index (κ2) is 5.70. The molecule has 0 saturated heterocycles. The average Bonchev–Trinajstić information content (AvgIpc) is 3.05. The Morgan fingerprint density at radius 2 is 1.91 bits per heavy atom. The van der Waals surface area contributed by atoms with Crippen molar-refractivity contribution >= 4 is 23.3 Å². The number of aromatic nitrogens is 2. The predicted molar refractivity (Wildman–Crippen MR) is 91.1 cm³/mol. The molecular weight excluding hydrogens is 310 g/mol. The molecule has 1 aliphatic heterocycles. The lowest BCUT2D eigenvalue weighted by Gasteiger charge is -2.33. The first-order valence-corrected chi connectivity index (χ1v) is 8.07. The Balaban J connectivity index is 1.73. The van der Waals surface area contributed by atoms with Crippen LogP contribution in [0.3, 0.4) is 0 Å². The fraction of sp³-hybridized carbons (Fsp3) is 0.222. The Morgan fingerprint density at radius 3 is 2.74 bits per heavy atom. The van der Waals surface area contributed by atoms with Crippen LogP contribution in [0.2, 0.25) is 5.02 Å². The molecule has 0 saturated carbocycles. The van der Waals surface area contributed by atoms with E-state index in [1.54, 1.807) is 0 Å². The standard InChI is InChI=1S/C18H16ClN3O/c1-12-6-7-13-4-2-3-5-16(13)22(12)18-20-17(21-23-18)14-8-10-15(19)11-9-14/h2-5,8-12H,6-7H2,1H3. The number of benzene rings is 2. The van der Waals surface area contributed by atoms with Gasteiger partial charge >= 0.3 is 6.01 Å². The number of para-hydroxylation sites is 1. The highest BCUT2D eigenvalue weighted by atomic mass is 35.5. The molecule has 4 rings (SSSR count). The van der Waals surface area contributed by atoms with Crippen LogP contribution in [0.25, 0.3) is 11.4 Å². The van der Waals surface area contributed by atoms with E-state index in [0.29, 0.717) is 22.9 Å². The highest BCUT2D eigenvalue weighted by molar-refractivity contribution is 6.30. The molecule has 0 bridgehead atoms. The van der Waals surface area contributed by atoms with Crippen molar-refractivity contribution in [1.29, 1.82) is 0 Å². The van der Waals surface area contributed by atoms with Crippen molar-refractivity contribution in [2.45, 2.75) is 25.8 Å². The molecule has 2 heterocycles. The van der Waals surface area contributed by atoms with Gasteiger partial charge < -0.3 is 4.52 Å². The number of fused-ring (bicyclic) bond motifs is 1. The van der Waals surface area contributed by atoms with Gasteiger partial charge in [0.15, 0.2) is 0 Å². The van der Waals surface area contributed by atoms with Crippen LogP contribution in [0.1, 0.15) is 18.9 Å². The molecule has 4 nitrogen and oxygen atoms in total. The SMILES string of the molecule is CC1CCc2ccccc2N1c1nc(-c2ccc(Cl)cc2)no1. The number of halogens is 1. The molecule has 2 aromatic carbocycles. The first-order valence-electron chi connectivity index (χ1n) is 7.69. The van der Waals surface area contributed by atoms with Crippen LogP contribution in [-0.4, -0.2) is 16.2 Å². The minimum Gasteiger partial charge on any atom is -0.314 e. The summed E-state index contributed by atoms with van der Waals surface area (Å²) >= 11 is 5.93. The van der Waals surface area contributed by atoms with E-state index in [0.717, 1.165) is 24.1 Å². The van der Waals surface area contributed by atoms with E-state index in [1.807, 2.05) is 30.3 Å². The first-order chi connectivity index (χ1) is 11.2. The largest absolute Gasteiger partial charge is 0.329 e. The lowest BCUT2D eigenvalue weighted by atomic mass is 9.97. The van der Waals surface area contributed by atoms with Gasteiger partial charge in [0, 0.05) is 22.3 Å². The monoisotopic (exact) mass is 325 g/mol. The van der Waals surface area contributed by atoms with Crippen molar-refractivity contribution < 1.29 is 4.52 Å². The van der Waals surface area contributed by atoms with E-state index in [-0.39, 0.29) is 0 Å². The number of anilines is 2. The summed E-state index contributed by atoms with van der Waals surface area (Å²) in [7, 11) is 0. The fourth-order valence-corrected chi connectivity index (χ4v) is 3.14. The van der Waals surface area contributed by atoms with Crippen molar-refractivity contribution in [3.8, 4) is 11.4 Å². The Hall–Kier alpha value is -2.33. The van der Waals surface area contributed by atoms with Gasteiger partial charge in [-0.1, -0.05) is 35.0 Å². The summed E-state index contributed by atoms with van der Waals surface area (Å²) in [6.07, 6.45) is 2.14. The van der Waals surface area contributed by atoms with Gasteiger partial charge in [-0.05, 0) is 55.7 Å². The molecule has 0 radical (unpaired) electrons. The molecule has 3 aromatic rings. The molecule has 116 valence electrons. The molecular formula is C18H16ClN3O. The lowest BCUT2D eigenvalue weighted by molar-refractivity contribution is 0.410. The van der Waals surface area contributed by atoms with E-state index >= 15 is 0 Å². The molecule has 0 aliphatic carbocycles. The Labute approximate surface area is 139 Å². The lowest BCUT2D eigenvalue weighted by Crippen LogP contribution is -2.33. The van der Waals surface area contributed by atoms with Gasteiger partial charge in [0.1, 0.15) is 0 Å². The average molecular weight is 326 g/mol. The number of hydrogen-bond donors (Lipinski definition) is 0. The molecule has 0 N–H and O–H groups in total. The van der Waals surface area contributed by atoms with Crippen LogP contribution in [0.15, 0.2) is 53.1 Å². The van der Waals surface area contributed by atoms with Crippen LogP contribution in [0, 0.1) is 0 Å². The quantitative estimate of drug-likeness (QED) is 0.674. The van der Waals surface area contributed by atoms with E-state index in [4.69, 9.17) is 16.1 Å². The zero-order valence-electron chi connectivity index (χ0n) is 12.7. The molecule has 1 aliphatic rings. The molecule has 1 atom stereocenters. The molecule has 5 heteroatoms. The summed E-state index contributed by atoms with van der Waals surface area (Å²) in [4.78, 5) is 6.72. The minimum atomic E-state index is 0.323. The second-order valence-corrected chi connectivity index (χ2v) is 6.23. The zero-order valence-corrected chi connectivity index (χ0v) is 13.5. The predicted octanol–water partition coefficient (Wildman–Crippen LogP) is 4.86. The van der Waals surface area contributed by atoms with Crippen LogP contribution in [0.4, 0.5) is 11.7 Å². The molecule has 1 unspecified atom stereocenters. The van der Waals surface area contributed by atoms with Gasteiger partial charge in [-0.2, -0.15) is 4.98 Å². The van der Waals surface area contributed by atoms with E-state index < -0.39 is 0 Å². The summed E-state index contributed by atoms with van der Waals surface area (Å²) in [6, 6.07) is 16.7.